The first-order valence-electron chi connectivity index (χ1n) is 6.04. The monoisotopic (exact) mass is 231 g/mol. The van der Waals surface area contributed by atoms with Crippen molar-refractivity contribution < 1.29 is 4.79 Å². The Morgan fingerprint density at radius 2 is 2.24 bits per heavy atom. The van der Waals surface area contributed by atoms with Gasteiger partial charge in [-0.2, -0.15) is 0 Å². The van der Waals surface area contributed by atoms with E-state index in [1.54, 1.807) is 6.20 Å². The van der Waals surface area contributed by atoms with Gasteiger partial charge in [-0.05, 0) is 6.42 Å². The molecule has 1 aliphatic rings. The second-order valence-corrected chi connectivity index (χ2v) is 4.10. The van der Waals surface area contributed by atoms with Crippen LogP contribution in [-0.4, -0.2) is 33.4 Å². The van der Waals surface area contributed by atoms with Gasteiger partial charge < -0.3 is 9.47 Å². The molecule has 1 aromatic rings. The second kappa shape index (κ2) is 5.53. The lowest BCUT2D eigenvalue weighted by atomic mass is 10.4. The third-order valence-corrected chi connectivity index (χ3v) is 2.93. The summed E-state index contributed by atoms with van der Waals surface area (Å²) in [5.74, 6) is 7.43. The molecule has 0 radical (unpaired) electrons. The summed E-state index contributed by atoms with van der Waals surface area (Å²) in [6, 6.07) is 0. The highest BCUT2D eigenvalue weighted by atomic mass is 16.2. The first-order valence-corrected chi connectivity index (χ1v) is 6.04. The van der Waals surface area contributed by atoms with E-state index in [-0.39, 0.29) is 5.91 Å². The highest BCUT2D eigenvalue weighted by Gasteiger charge is 2.18. The molecule has 0 N–H and O–H groups in total. The van der Waals surface area contributed by atoms with Crippen molar-refractivity contribution in [1.29, 1.82) is 0 Å². The topological polar surface area (TPSA) is 38.1 Å². The molecule has 0 aromatic carbocycles. The largest absolute Gasteiger partial charge is 0.332 e. The molecule has 0 bridgehead atoms. The molecule has 1 fully saturated rings. The molecule has 0 saturated carbocycles. The summed E-state index contributed by atoms with van der Waals surface area (Å²) in [4.78, 5) is 17.4. The predicted molar refractivity (Wildman–Crippen MR) is 65.2 cm³/mol. The molecule has 4 heteroatoms. The van der Waals surface area contributed by atoms with Gasteiger partial charge in [-0.1, -0.05) is 18.8 Å². The number of aromatic nitrogens is 2. The minimum absolute atomic E-state index is 0.233. The predicted octanol–water partition coefficient (Wildman–Crippen LogP) is 1.07. The summed E-state index contributed by atoms with van der Waals surface area (Å²) >= 11 is 0. The molecule has 2 rings (SSSR count). The Kier molecular flexibility index (Phi) is 3.81. The first-order chi connectivity index (χ1) is 8.31. The molecule has 1 amide bonds. The van der Waals surface area contributed by atoms with Gasteiger partial charge in [0.25, 0.3) is 0 Å². The summed E-state index contributed by atoms with van der Waals surface area (Å²) in [7, 11) is 0. The third-order valence-electron chi connectivity index (χ3n) is 2.93. The van der Waals surface area contributed by atoms with E-state index in [1.807, 2.05) is 15.7 Å². The lowest BCUT2D eigenvalue weighted by molar-refractivity contribution is -0.127. The average molecular weight is 231 g/mol. The van der Waals surface area contributed by atoms with Crippen LogP contribution >= 0.6 is 0 Å². The van der Waals surface area contributed by atoms with Crippen LogP contribution in [0.4, 0.5) is 0 Å². The molecule has 1 aromatic heterocycles. The molecule has 90 valence electrons. The van der Waals surface area contributed by atoms with E-state index in [0.717, 1.165) is 25.2 Å². The molecule has 4 nitrogen and oxygen atoms in total. The van der Waals surface area contributed by atoms with Gasteiger partial charge in [0.2, 0.25) is 5.91 Å². The molecule has 1 aliphatic heterocycles. The lowest BCUT2D eigenvalue weighted by Crippen LogP contribution is -2.24. The number of rotatable bonds is 3. The zero-order valence-electron chi connectivity index (χ0n) is 10.1. The summed E-state index contributed by atoms with van der Waals surface area (Å²) in [6.07, 6.45) is 6.31. The van der Waals surface area contributed by atoms with E-state index in [9.17, 15) is 4.79 Å². The van der Waals surface area contributed by atoms with Crippen LogP contribution in [0.25, 0.3) is 0 Å². The Morgan fingerprint density at radius 1 is 1.41 bits per heavy atom. The summed E-state index contributed by atoms with van der Waals surface area (Å²) in [6.45, 7) is 4.16. The van der Waals surface area contributed by atoms with Crippen molar-refractivity contribution in [1.82, 2.24) is 14.5 Å². The van der Waals surface area contributed by atoms with E-state index in [4.69, 9.17) is 0 Å². The summed E-state index contributed by atoms with van der Waals surface area (Å²) in [5.41, 5.74) is 0. The highest BCUT2D eigenvalue weighted by molar-refractivity contribution is 5.78. The minimum Gasteiger partial charge on any atom is -0.332 e. The number of carbonyl (C=O) groups excluding carboxylic acids is 1. The number of aryl methyl sites for hydroxylation is 1. The van der Waals surface area contributed by atoms with Gasteiger partial charge in [0.05, 0.1) is 13.1 Å². The lowest BCUT2D eigenvalue weighted by Gasteiger charge is -2.10. The Labute approximate surface area is 102 Å². The second-order valence-electron chi connectivity index (χ2n) is 4.10. The normalized spacial score (nSPS) is 14.9. The Hall–Kier alpha value is -1.76. The van der Waals surface area contributed by atoms with E-state index < -0.39 is 0 Å². The molecular weight excluding hydrogens is 214 g/mol. The summed E-state index contributed by atoms with van der Waals surface area (Å²) < 4.78 is 2.04. The van der Waals surface area contributed by atoms with E-state index >= 15 is 0 Å². The average Bonchev–Trinajstić information content (AvgIpc) is 2.93. The number of hydrogen-bond donors (Lipinski definition) is 0. The van der Waals surface area contributed by atoms with Crippen molar-refractivity contribution >= 4 is 5.91 Å². The van der Waals surface area contributed by atoms with Crippen LogP contribution in [0, 0.1) is 11.8 Å². The third kappa shape index (κ3) is 2.88. The van der Waals surface area contributed by atoms with Crippen LogP contribution in [0.3, 0.4) is 0 Å². The van der Waals surface area contributed by atoms with Crippen LogP contribution in [0.2, 0.25) is 0 Å². The number of carbonyl (C=O) groups is 1. The van der Waals surface area contributed by atoms with Crippen molar-refractivity contribution in [3.63, 3.8) is 0 Å². The van der Waals surface area contributed by atoms with E-state index in [2.05, 4.69) is 23.7 Å². The number of amides is 1. The minimum atomic E-state index is 0.233. The molecule has 0 aliphatic carbocycles. The van der Waals surface area contributed by atoms with Gasteiger partial charge in [0, 0.05) is 31.8 Å². The highest BCUT2D eigenvalue weighted by Crippen LogP contribution is 2.07. The number of nitrogens with zero attached hydrogens (tertiary/aromatic N) is 3. The maximum absolute atomic E-state index is 11.3. The summed E-state index contributed by atoms with van der Waals surface area (Å²) in [5, 5.41) is 0. The zero-order valence-corrected chi connectivity index (χ0v) is 10.1. The van der Waals surface area contributed by atoms with E-state index in [1.165, 1.54) is 0 Å². The maximum atomic E-state index is 11.3. The van der Waals surface area contributed by atoms with Gasteiger partial charge in [-0.3, -0.25) is 4.79 Å². The van der Waals surface area contributed by atoms with Crippen molar-refractivity contribution in [2.75, 3.05) is 13.1 Å². The Bertz CT molecular complexity index is 453. The zero-order chi connectivity index (χ0) is 12.1. The number of hydrogen-bond acceptors (Lipinski definition) is 2. The Morgan fingerprint density at radius 3 is 2.94 bits per heavy atom. The first kappa shape index (κ1) is 11.7. The molecule has 17 heavy (non-hydrogen) atoms. The molecule has 0 unspecified atom stereocenters. The van der Waals surface area contributed by atoms with Crippen molar-refractivity contribution in [3.8, 4) is 11.8 Å². The quantitative estimate of drug-likeness (QED) is 0.730. The van der Waals surface area contributed by atoms with Gasteiger partial charge >= 0.3 is 0 Å². The number of imidazole rings is 1. The fraction of sp³-hybridized carbons (Fsp3) is 0.538. The molecule has 0 spiro atoms. The van der Waals surface area contributed by atoms with Crippen LogP contribution in [0.5, 0.6) is 0 Å². The fourth-order valence-corrected chi connectivity index (χ4v) is 1.96. The van der Waals surface area contributed by atoms with Crippen LogP contribution in [0.15, 0.2) is 12.4 Å². The van der Waals surface area contributed by atoms with Crippen molar-refractivity contribution in [2.45, 2.75) is 32.7 Å². The standard InChI is InChI=1S/C13H17N3O/c1-2-12-14-7-11-15(12)8-3-4-9-16-10-5-6-13(16)17/h7,11H,2,5-6,8-10H2,1H3. The van der Waals surface area contributed by atoms with Gasteiger partial charge in [-0.25, -0.2) is 4.98 Å². The SMILES string of the molecule is CCc1nccn1CC#CCN1CCCC1=O. The molecule has 1 saturated heterocycles. The molecule has 2 heterocycles. The van der Waals surface area contributed by atoms with Gasteiger partial charge in [0.1, 0.15) is 5.82 Å². The van der Waals surface area contributed by atoms with Gasteiger partial charge in [0.15, 0.2) is 0 Å². The maximum Gasteiger partial charge on any atom is 0.223 e. The van der Waals surface area contributed by atoms with Crippen LogP contribution in [-0.2, 0) is 17.8 Å². The molecular formula is C13H17N3O. The Balaban J connectivity index is 1.84. The van der Waals surface area contributed by atoms with Crippen LogP contribution < -0.4 is 0 Å². The fourth-order valence-electron chi connectivity index (χ4n) is 1.96. The van der Waals surface area contributed by atoms with Crippen molar-refractivity contribution in [3.05, 3.63) is 18.2 Å². The van der Waals surface area contributed by atoms with Crippen LogP contribution in [0.1, 0.15) is 25.6 Å². The van der Waals surface area contributed by atoms with Gasteiger partial charge in [-0.15, -0.1) is 0 Å². The van der Waals surface area contributed by atoms with E-state index in [0.29, 0.717) is 19.5 Å². The molecule has 0 atom stereocenters. The smallest absolute Gasteiger partial charge is 0.223 e. The van der Waals surface area contributed by atoms with Crippen molar-refractivity contribution in [2.24, 2.45) is 0 Å². The number of likely N-dealkylation sites (tertiary alicyclic amines) is 1.